The number of pyridine rings is 1. The first-order chi connectivity index (χ1) is 12.1. The van der Waals surface area contributed by atoms with E-state index in [4.69, 9.17) is 4.74 Å². The van der Waals surface area contributed by atoms with Crippen molar-refractivity contribution in [3.05, 3.63) is 45.8 Å². The van der Waals surface area contributed by atoms with Crippen molar-refractivity contribution in [2.75, 3.05) is 7.11 Å². The quantitative estimate of drug-likeness (QED) is 0.794. The molecule has 1 amide bonds. The van der Waals surface area contributed by atoms with Crippen LogP contribution in [-0.2, 0) is 6.42 Å². The fourth-order valence-electron chi connectivity index (χ4n) is 3.17. The van der Waals surface area contributed by atoms with Gasteiger partial charge in [-0.1, -0.05) is 19.4 Å². The van der Waals surface area contributed by atoms with Gasteiger partial charge in [-0.05, 0) is 36.8 Å². The fourth-order valence-corrected chi connectivity index (χ4v) is 4.14. The van der Waals surface area contributed by atoms with E-state index in [2.05, 4.69) is 17.2 Å². The van der Waals surface area contributed by atoms with E-state index in [1.807, 2.05) is 17.5 Å². The molecule has 134 valence electrons. The first-order valence-corrected chi connectivity index (χ1v) is 9.55. The molecule has 1 fully saturated rings. The van der Waals surface area contributed by atoms with Gasteiger partial charge in [0.25, 0.3) is 5.91 Å². The number of nitrogens with zero attached hydrogens (tertiary/aromatic N) is 1. The summed E-state index contributed by atoms with van der Waals surface area (Å²) in [6.07, 6.45) is 4.93. The summed E-state index contributed by atoms with van der Waals surface area (Å²) in [7, 11) is 1.58. The molecule has 0 saturated heterocycles. The molecule has 0 aromatic carbocycles. The van der Waals surface area contributed by atoms with Crippen LogP contribution in [0.15, 0.2) is 29.8 Å². The summed E-state index contributed by atoms with van der Waals surface area (Å²) in [6.45, 7) is 2.13. The molecule has 2 N–H and O–H groups in total. The van der Waals surface area contributed by atoms with Crippen molar-refractivity contribution >= 4 is 17.2 Å². The van der Waals surface area contributed by atoms with Gasteiger partial charge in [-0.25, -0.2) is 4.98 Å². The summed E-state index contributed by atoms with van der Waals surface area (Å²) in [4.78, 5) is 18.2. The number of ether oxygens (including phenoxy) is 1. The summed E-state index contributed by atoms with van der Waals surface area (Å²) in [5.41, 5.74) is 1.65. The molecule has 0 aliphatic heterocycles. The van der Waals surface area contributed by atoms with Gasteiger partial charge in [-0.3, -0.25) is 4.79 Å². The van der Waals surface area contributed by atoms with Crippen molar-refractivity contribution in [1.29, 1.82) is 0 Å². The smallest absolute Gasteiger partial charge is 0.252 e. The minimum atomic E-state index is -0.270. The third kappa shape index (κ3) is 4.19. The fraction of sp³-hybridized carbons (Fsp3) is 0.474. The second-order valence-electron chi connectivity index (χ2n) is 6.52. The third-order valence-electron chi connectivity index (χ3n) is 4.65. The Morgan fingerprint density at radius 2 is 2.28 bits per heavy atom. The minimum Gasteiger partial charge on any atom is -0.481 e. The van der Waals surface area contributed by atoms with Gasteiger partial charge < -0.3 is 15.2 Å². The molecule has 5 nitrogen and oxygen atoms in total. The molecule has 1 aliphatic carbocycles. The lowest BCUT2D eigenvalue weighted by atomic mass is 9.75. The van der Waals surface area contributed by atoms with Crippen molar-refractivity contribution in [3.8, 4) is 5.88 Å². The normalized spacial score (nSPS) is 20.6. The number of methoxy groups -OCH3 is 1. The number of aliphatic hydroxyl groups is 1. The van der Waals surface area contributed by atoms with Crippen LogP contribution in [0.2, 0.25) is 0 Å². The van der Waals surface area contributed by atoms with E-state index in [9.17, 15) is 9.90 Å². The number of nitrogens with one attached hydrogen (secondary N) is 1. The molecule has 0 spiro atoms. The van der Waals surface area contributed by atoms with Crippen molar-refractivity contribution in [2.24, 2.45) is 5.92 Å². The molecular formula is C19H24N2O3S. The molecule has 3 rings (SSSR count). The lowest BCUT2D eigenvalue weighted by molar-refractivity contribution is 0.0234. The van der Waals surface area contributed by atoms with Crippen LogP contribution in [0, 0.1) is 5.92 Å². The van der Waals surface area contributed by atoms with Crippen LogP contribution in [0.1, 0.15) is 53.0 Å². The molecule has 2 heterocycles. The molecular weight excluding hydrogens is 336 g/mol. The highest BCUT2D eigenvalue weighted by Gasteiger charge is 2.36. The Labute approximate surface area is 152 Å². The summed E-state index contributed by atoms with van der Waals surface area (Å²) in [5.74, 6) is 0.702. The van der Waals surface area contributed by atoms with Crippen LogP contribution >= 0.6 is 11.3 Å². The van der Waals surface area contributed by atoms with Crippen LogP contribution < -0.4 is 10.1 Å². The summed E-state index contributed by atoms with van der Waals surface area (Å²) in [5, 5.41) is 14.7. The number of carbonyl (C=O) groups is 1. The number of hydrogen-bond donors (Lipinski definition) is 2. The number of aliphatic hydroxyl groups excluding tert-OH is 1. The maximum Gasteiger partial charge on any atom is 0.252 e. The molecule has 1 atom stereocenters. The number of rotatable bonds is 7. The van der Waals surface area contributed by atoms with Crippen LogP contribution in [0.25, 0.3) is 0 Å². The standard InChI is InChI=1S/C19H24N2O3S/c1-3-4-16-9-14(11-25-16)19(23)21-18(13-7-15(22)8-13)12-5-6-17(24-2)20-10-12/h5-6,9-11,13,15,18,22H,3-4,7-8H2,1-2H3,(H,21,23). The Morgan fingerprint density at radius 1 is 1.48 bits per heavy atom. The van der Waals surface area contributed by atoms with Crippen molar-refractivity contribution in [1.82, 2.24) is 10.3 Å². The molecule has 6 heteroatoms. The maximum atomic E-state index is 12.7. The van der Waals surface area contributed by atoms with Crippen LogP contribution in [0.5, 0.6) is 5.88 Å². The minimum absolute atomic E-state index is 0.0687. The third-order valence-corrected chi connectivity index (χ3v) is 5.64. The van der Waals surface area contributed by atoms with E-state index in [-0.39, 0.29) is 24.0 Å². The zero-order chi connectivity index (χ0) is 17.8. The Bertz CT molecular complexity index is 708. The second kappa shape index (κ2) is 7.97. The lowest BCUT2D eigenvalue weighted by Crippen LogP contribution is -2.41. The van der Waals surface area contributed by atoms with E-state index >= 15 is 0 Å². The van der Waals surface area contributed by atoms with Gasteiger partial charge >= 0.3 is 0 Å². The summed E-state index contributed by atoms with van der Waals surface area (Å²) in [6, 6.07) is 5.55. The molecule has 2 aromatic rings. The predicted molar refractivity (Wildman–Crippen MR) is 98.0 cm³/mol. The number of amides is 1. The van der Waals surface area contributed by atoms with E-state index in [1.165, 1.54) is 4.88 Å². The van der Waals surface area contributed by atoms with Crippen LogP contribution in [0.4, 0.5) is 0 Å². The molecule has 25 heavy (non-hydrogen) atoms. The number of carbonyl (C=O) groups excluding carboxylic acids is 1. The monoisotopic (exact) mass is 360 g/mol. The zero-order valence-electron chi connectivity index (χ0n) is 14.6. The first kappa shape index (κ1) is 17.9. The van der Waals surface area contributed by atoms with Gasteiger partial charge in [0.2, 0.25) is 5.88 Å². The lowest BCUT2D eigenvalue weighted by Gasteiger charge is -2.38. The van der Waals surface area contributed by atoms with Gasteiger partial charge in [0.1, 0.15) is 0 Å². The SMILES string of the molecule is CCCc1cc(C(=O)NC(c2ccc(OC)nc2)C2CC(O)C2)cs1. The number of thiophene rings is 1. The topological polar surface area (TPSA) is 71.5 Å². The highest BCUT2D eigenvalue weighted by atomic mass is 32.1. The van der Waals surface area contributed by atoms with Crippen molar-refractivity contribution < 1.29 is 14.6 Å². The Balaban J connectivity index is 1.75. The molecule has 1 aliphatic rings. The van der Waals surface area contributed by atoms with Gasteiger partial charge in [0.15, 0.2) is 0 Å². The Kier molecular flexibility index (Phi) is 5.71. The van der Waals surface area contributed by atoms with Crippen molar-refractivity contribution in [3.63, 3.8) is 0 Å². The highest BCUT2D eigenvalue weighted by Crippen LogP contribution is 2.38. The molecule has 2 aromatic heterocycles. The second-order valence-corrected chi connectivity index (χ2v) is 7.52. The van der Waals surface area contributed by atoms with E-state index in [0.717, 1.165) is 18.4 Å². The van der Waals surface area contributed by atoms with E-state index in [0.29, 0.717) is 24.3 Å². The zero-order valence-corrected chi connectivity index (χ0v) is 15.4. The van der Waals surface area contributed by atoms with Gasteiger partial charge in [0, 0.05) is 22.5 Å². The number of aryl methyl sites for hydroxylation is 1. The van der Waals surface area contributed by atoms with Gasteiger partial charge in [-0.2, -0.15) is 0 Å². The van der Waals surface area contributed by atoms with Crippen LogP contribution in [0.3, 0.4) is 0 Å². The van der Waals surface area contributed by atoms with Crippen molar-refractivity contribution in [2.45, 2.75) is 44.8 Å². The van der Waals surface area contributed by atoms with E-state index < -0.39 is 0 Å². The van der Waals surface area contributed by atoms with Gasteiger partial charge in [0.05, 0.1) is 24.8 Å². The largest absolute Gasteiger partial charge is 0.481 e. The van der Waals surface area contributed by atoms with E-state index in [1.54, 1.807) is 30.7 Å². The summed E-state index contributed by atoms with van der Waals surface area (Å²) >= 11 is 1.63. The Hall–Kier alpha value is -1.92. The van der Waals surface area contributed by atoms with Gasteiger partial charge in [-0.15, -0.1) is 11.3 Å². The first-order valence-electron chi connectivity index (χ1n) is 8.67. The number of hydrogen-bond acceptors (Lipinski definition) is 5. The molecule has 0 bridgehead atoms. The summed E-state index contributed by atoms with van der Waals surface area (Å²) < 4.78 is 5.11. The van der Waals surface area contributed by atoms with Crippen LogP contribution in [-0.4, -0.2) is 29.2 Å². The molecule has 1 unspecified atom stereocenters. The maximum absolute atomic E-state index is 12.7. The molecule has 0 radical (unpaired) electrons. The molecule has 1 saturated carbocycles. The Morgan fingerprint density at radius 3 is 2.88 bits per heavy atom. The highest BCUT2D eigenvalue weighted by molar-refractivity contribution is 7.10. The average Bonchev–Trinajstić information content (AvgIpc) is 3.06. The number of aromatic nitrogens is 1. The average molecular weight is 360 g/mol. The predicted octanol–water partition coefficient (Wildman–Crippen LogP) is 3.35.